The van der Waals surface area contributed by atoms with Crippen LogP contribution < -0.4 is 0 Å². The van der Waals surface area contributed by atoms with Crippen LogP contribution in [0.4, 0.5) is 0 Å². The summed E-state index contributed by atoms with van der Waals surface area (Å²) in [5.41, 5.74) is 2.13. The van der Waals surface area contributed by atoms with E-state index in [0.717, 1.165) is 6.42 Å². The molecule has 0 saturated carbocycles. The summed E-state index contributed by atoms with van der Waals surface area (Å²) in [6, 6.07) is 7.98. The van der Waals surface area contributed by atoms with Crippen LogP contribution in [-0.2, 0) is 22.2 Å². The van der Waals surface area contributed by atoms with E-state index in [4.69, 9.17) is 0 Å². The molecule has 1 heterocycles. The summed E-state index contributed by atoms with van der Waals surface area (Å²) >= 11 is 0. The molecule has 1 aliphatic carbocycles. The fraction of sp³-hybridized carbons (Fsp3) is 0.500. The van der Waals surface area contributed by atoms with Gasteiger partial charge < -0.3 is 9.79 Å². The fourth-order valence-corrected chi connectivity index (χ4v) is 5.02. The first kappa shape index (κ1) is 12.9. The minimum absolute atomic E-state index is 0.0183. The molecular weight excluding hydrogens is 261 g/mol. The molecule has 19 heavy (non-hydrogen) atoms. The highest BCUT2D eigenvalue weighted by Gasteiger charge is 2.38. The molecule has 4 nitrogen and oxygen atoms in total. The Kier molecular flexibility index (Phi) is 3.23. The molecule has 102 valence electrons. The van der Waals surface area contributed by atoms with Crippen LogP contribution in [0.25, 0.3) is 0 Å². The van der Waals surface area contributed by atoms with Crippen molar-refractivity contribution < 1.29 is 14.3 Å². The minimum Gasteiger partial charge on any atom is -0.343 e. The molecule has 0 bridgehead atoms. The Morgan fingerprint density at radius 2 is 1.89 bits per heavy atom. The molecule has 1 aliphatic heterocycles. The molecule has 1 amide bonds. The molecule has 1 atom stereocenters. The van der Waals surface area contributed by atoms with Crippen molar-refractivity contribution in [2.45, 2.75) is 31.3 Å². The minimum atomic E-state index is -3.30. The molecule has 1 unspecified atom stereocenters. The molecule has 2 aliphatic rings. The zero-order valence-electron chi connectivity index (χ0n) is 10.8. The van der Waals surface area contributed by atoms with Crippen LogP contribution in [0.3, 0.4) is 0 Å². The lowest BCUT2D eigenvalue weighted by Gasteiger charge is -2.24. The predicted octanol–water partition coefficient (Wildman–Crippen LogP) is 2.00. The topological polar surface area (TPSA) is 57.6 Å². The Labute approximate surface area is 112 Å². The maximum Gasteiger partial charge on any atom is 0.223 e. The van der Waals surface area contributed by atoms with E-state index in [2.05, 4.69) is 0 Å². The number of hydrogen-bond donors (Lipinski definition) is 1. The smallest absolute Gasteiger partial charge is 0.223 e. The van der Waals surface area contributed by atoms with Gasteiger partial charge in [0.2, 0.25) is 13.3 Å². The summed E-state index contributed by atoms with van der Waals surface area (Å²) in [7, 11) is -3.30. The van der Waals surface area contributed by atoms with E-state index in [9.17, 15) is 14.3 Å². The monoisotopic (exact) mass is 279 g/mol. The third-order valence-corrected chi connectivity index (χ3v) is 6.40. The Morgan fingerprint density at radius 1 is 1.26 bits per heavy atom. The average Bonchev–Trinajstić information content (AvgIpc) is 2.96. The van der Waals surface area contributed by atoms with Crippen LogP contribution in [0.15, 0.2) is 24.3 Å². The van der Waals surface area contributed by atoms with Gasteiger partial charge in [-0.05, 0) is 30.4 Å². The third kappa shape index (κ3) is 2.47. The summed E-state index contributed by atoms with van der Waals surface area (Å²) in [6.45, 7) is 0.628. The average molecular weight is 279 g/mol. The standard InChI is InChI=1S/C14H18NO3P/c16-14-6-3-7-15(14)10-19(17,18)13-8-11-4-1-2-5-12(11)9-13/h1-2,4-5,13H,3,6-10H2,(H,17,18). The van der Waals surface area contributed by atoms with Crippen LogP contribution >= 0.6 is 7.37 Å². The number of likely N-dealkylation sites (tertiary alicyclic amines) is 1. The molecule has 1 fully saturated rings. The van der Waals surface area contributed by atoms with Gasteiger partial charge >= 0.3 is 0 Å². The SMILES string of the molecule is O=C1CCCN1CP(=O)(O)C1Cc2ccccc2C1. The highest BCUT2D eigenvalue weighted by atomic mass is 31.2. The van der Waals surface area contributed by atoms with Crippen LogP contribution in [0.2, 0.25) is 0 Å². The summed E-state index contributed by atoms with van der Waals surface area (Å²) in [4.78, 5) is 23.5. The van der Waals surface area contributed by atoms with Gasteiger partial charge in [-0.1, -0.05) is 24.3 Å². The number of fused-ring (bicyclic) bond motifs is 1. The first-order chi connectivity index (χ1) is 9.06. The number of carbonyl (C=O) groups is 1. The van der Waals surface area contributed by atoms with Crippen molar-refractivity contribution in [3.63, 3.8) is 0 Å². The molecule has 0 radical (unpaired) electrons. The first-order valence-corrected chi connectivity index (χ1v) is 8.64. The van der Waals surface area contributed by atoms with Gasteiger partial charge in [0.1, 0.15) is 0 Å². The van der Waals surface area contributed by atoms with Crippen molar-refractivity contribution >= 4 is 13.3 Å². The van der Waals surface area contributed by atoms with E-state index in [1.807, 2.05) is 24.3 Å². The second-order valence-corrected chi connectivity index (χ2v) is 8.01. The Bertz CT molecular complexity index is 532. The summed E-state index contributed by atoms with van der Waals surface area (Å²) in [5.74, 6) is 0.0183. The van der Waals surface area contributed by atoms with Crippen molar-refractivity contribution in [3.05, 3.63) is 35.4 Å². The molecule has 0 aromatic heterocycles. The molecule has 1 aromatic carbocycles. The van der Waals surface area contributed by atoms with Gasteiger partial charge in [0.25, 0.3) is 0 Å². The van der Waals surface area contributed by atoms with Gasteiger partial charge in [-0.3, -0.25) is 9.36 Å². The van der Waals surface area contributed by atoms with Crippen molar-refractivity contribution in [1.29, 1.82) is 0 Å². The molecule has 5 heteroatoms. The zero-order valence-corrected chi connectivity index (χ0v) is 11.7. The second kappa shape index (κ2) is 4.77. The van der Waals surface area contributed by atoms with Gasteiger partial charge in [0.05, 0.1) is 6.29 Å². The Balaban J connectivity index is 1.72. The van der Waals surface area contributed by atoms with Crippen LogP contribution in [0.1, 0.15) is 24.0 Å². The highest BCUT2D eigenvalue weighted by Crippen LogP contribution is 2.52. The molecular formula is C14H18NO3P. The Hall–Kier alpha value is -1.12. The van der Waals surface area contributed by atoms with Crippen LogP contribution in [-0.4, -0.2) is 34.2 Å². The Morgan fingerprint density at radius 3 is 2.42 bits per heavy atom. The van der Waals surface area contributed by atoms with E-state index >= 15 is 0 Å². The van der Waals surface area contributed by atoms with E-state index in [-0.39, 0.29) is 17.9 Å². The molecule has 1 aromatic rings. The number of carbonyl (C=O) groups excluding carboxylic acids is 1. The number of hydrogen-bond acceptors (Lipinski definition) is 2. The number of rotatable bonds is 3. The number of nitrogens with zero attached hydrogens (tertiary/aromatic N) is 1. The van der Waals surface area contributed by atoms with Crippen molar-refractivity contribution in [1.82, 2.24) is 4.90 Å². The lowest BCUT2D eigenvalue weighted by atomic mass is 10.1. The number of amides is 1. The van der Waals surface area contributed by atoms with E-state index < -0.39 is 7.37 Å². The molecule has 3 rings (SSSR count). The highest BCUT2D eigenvalue weighted by molar-refractivity contribution is 7.58. The lowest BCUT2D eigenvalue weighted by Crippen LogP contribution is -2.28. The van der Waals surface area contributed by atoms with Gasteiger partial charge in [0.15, 0.2) is 0 Å². The van der Waals surface area contributed by atoms with Gasteiger partial charge in [0, 0.05) is 18.6 Å². The van der Waals surface area contributed by atoms with Crippen molar-refractivity contribution in [3.8, 4) is 0 Å². The molecule has 1 saturated heterocycles. The summed E-state index contributed by atoms with van der Waals surface area (Å²) in [6.07, 6.45) is 2.68. The maximum atomic E-state index is 12.5. The van der Waals surface area contributed by atoms with Crippen molar-refractivity contribution in [2.24, 2.45) is 0 Å². The van der Waals surface area contributed by atoms with E-state index in [0.29, 0.717) is 25.8 Å². The van der Waals surface area contributed by atoms with Gasteiger partial charge in [-0.15, -0.1) is 0 Å². The summed E-state index contributed by atoms with van der Waals surface area (Å²) < 4.78 is 12.5. The maximum absolute atomic E-state index is 12.5. The first-order valence-electron chi connectivity index (χ1n) is 6.72. The predicted molar refractivity (Wildman–Crippen MR) is 73.3 cm³/mol. The third-order valence-electron chi connectivity index (χ3n) is 4.14. The normalized spacial score (nSPS) is 22.6. The van der Waals surface area contributed by atoms with Gasteiger partial charge in [-0.2, -0.15) is 0 Å². The largest absolute Gasteiger partial charge is 0.343 e. The number of benzene rings is 1. The van der Waals surface area contributed by atoms with Crippen LogP contribution in [0, 0.1) is 0 Å². The van der Waals surface area contributed by atoms with E-state index in [1.54, 1.807) is 4.90 Å². The van der Waals surface area contributed by atoms with Gasteiger partial charge in [-0.25, -0.2) is 0 Å². The van der Waals surface area contributed by atoms with Crippen LogP contribution in [0.5, 0.6) is 0 Å². The quantitative estimate of drug-likeness (QED) is 0.861. The lowest BCUT2D eigenvalue weighted by molar-refractivity contribution is -0.127. The summed E-state index contributed by atoms with van der Waals surface area (Å²) in [5, 5.41) is 0. The molecule has 0 spiro atoms. The van der Waals surface area contributed by atoms with E-state index in [1.165, 1.54) is 11.1 Å². The van der Waals surface area contributed by atoms with Crippen molar-refractivity contribution in [2.75, 3.05) is 12.8 Å². The fourth-order valence-electron chi connectivity index (χ4n) is 3.03. The zero-order chi connectivity index (χ0) is 13.5. The second-order valence-electron chi connectivity index (χ2n) is 5.49. The molecule has 1 N–H and O–H groups in total.